The lowest BCUT2D eigenvalue weighted by atomic mass is 10.0. The van der Waals surface area contributed by atoms with Crippen molar-refractivity contribution >= 4 is 35.4 Å². The fourth-order valence-electron chi connectivity index (χ4n) is 3.01. The van der Waals surface area contributed by atoms with Crippen LogP contribution in [0.1, 0.15) is 16.7 Å². The van der Waals surface area contributed by atoms with Gasteiger partial charge in [-0.1, -0.05) is 0 Å². The van der Waals surface area contributed by atoms with Crippen LogP contribution >= 0.6 is 12.2 Å². The number of nitrogens with one attached hydrogen (secondary N) is 3. The van der Waals surface area contributed by atoms with Gasteiger partial charge in [-0.3, -0.25) is 0 Å². The van der Waals surface area contributed by atoms with Crippen molar-refractivity contribution in [1.29, 1.82) is 5.26 Å². The van der Waals surface area contributed by atoms with E-state index >= 15 is 0 Å². The number of aromatic amines is 1. The largest absolute Gasteiger partial charge is 0.409 e. The van der Waals surface area contributed by atoms with Crippen molar-refractivity contribution in [3.05, 3.63) is 70.2 Å². The summed E-state index contributed by atoms with van der Waals surface area (Å²) in [5, 5.41) is 22.1. The summed E-state index contributed by atoms with van der Waals surface area (Å²) in [6, 6.07) is 14.9. The first-order valence-electron chi connectivity index (χ1n) is 9.06. The number of nitriles is 1. The quantitative estimate of drug-likeness (QED) is 0.383. The summed E-state index contributed by atoms with van der Waals surface area (Å²) in [4.78, 5) is 9.02. The molecule has 30 heavy (non-hydrogen) atoms. The number of anilines is 4. The fourth-order valence-corrected chi connectivity index (χ4v) is 3.14. The molecule has 0 radical (unpaired) electrons. The Labute approximate surface area is 177 Å². The van der Waals surface area contributed by atoms with E-state index in [0.29, 0.717) is 23.2 Å². The lowest BCUT2D eigenvalue weighted by Gasteiger charge is -2.14. The third-order valence-electron chi connectivity index (χ3n) is 4.40. The summed E-state index contributed by atoms with van der Waals surface area (Å²) in [6.45, 7) is 3.99. The molecule has 2 aromatic heterocycles. The minimum Gasteiger partial charge on any atom is -0.409 e. The molecule has 0 aliphatic heterocycles. The highest BCUT2D eigenvalue weighted by Crippen LogP contribution is 2.29. The second-order valence-corrected chi connectivity index (χ2v) is 6.98. The third kappa shape index (κ3) is 4.19. The van der Waals surface area contributed by atoms with Gasteiger partial charge in [-0.2, -0.15) is 10.2 Å². The van der Waals surface area contributed by atoms with Gasteiger partial charge in [-0.25, -0.2) is 10.1 Å². The smallest absolute Gasteiger partial charge is 0.284 e. The second kappa shape index (κ2) is 8.14. The molecule has 4 aromatic rings. The standard InChI is InChI=1S/C21H17N7OS/c1-12-9-15(19-27-28-21(30)29-19)10-13(2)18(12)25-17-7-8-23-20(26-17)24-16-5-3-14(11-22)4-6-16/h3-10H,1-2H3,(H,28,30)(H2,23,24,25,26). The van der Waals surface area contributed by atoms with Crippen molar-refractivity contribution in [2.45, 2.75) is 13.8 Å². The molecule has 8 nitrogen and oxygen atoms in total. The summed E-state index contributed by atoms with van der Waals surface area (Å²) < 4.78 is 5.41. The molecule has 0 aliphatic rings. The maximum Gasteiger partial charge on any atom is 0.284 e. The minimum absolute atomic E-state index is 0.241. The van der Waals surface area contributed by atoms with E-state index in [1.165, 1.54) is 0 Å². The van der Waals surface area contributed by atoms with E-state index in [4.69, 9.17) is 21.9 Å². The molecular weight excluding hydrogens is 398 g/mol. The lowest BCUT2D eigenvalue weighted by Crippen LogP contribution is -2.02. The zero-order valence-electron chi connectivity index (χ0n) is 16.2. The zero-order valence-corrected chi connectivity index (χ0v) is 17.0. The molecule has 0 saturated heterocycles. The molecule has 148 valence electrons. The Morgan fingerprint density at radius 3 is 2.43 bits per heavy atom. The van der Waals surface area contributed by atoms with Gasteiger partial charge in [0, 0.05) is 23.1 Å². The minimum atomic E-state index is 0.241. The number of aryl methyl sites for hydroxylation is 2. The molecule has 0 aliphatic carbocycles. The van der Waals surface area contributed by atoms with Gasteiger partial charge in [0.25, 0.3) is 4.84 Å². The average Bonchev–Trinajstić information content (AvgIpc) is 3.18. The molecule has 0 spiro atoms. The Morgan fingerprint density at radius 1 is 1.07 bits per heavy atom. The Balaban J connectivity index is 1.56. The molecule has 0 fully saturated rings. The van der Waals surface area contributed by atoms with Crippen LogP contribution in [0.15, 0.2) is 53.1 Å². The maximum atomic E-state index is 8.90. The molecule has 4 rings (SSSR count). The SMILES string of the molecule is Cc1cc(-c2n[nH]c(=S)o2)cc(C)c1Nc1ccnc(Nc2ccc(C#N)cc2)n1. The van der Waals surface area contributed by atoms with E-state index in [9.17, 15) is 0 Å². The number of nitrogens with zero attached hydrogens (tertiary/aromatic N) is 4. The monoisotopic (exact) mass is 415 g/mol. The van der Waals surface area contributed by atoms with E-state index in [1.54, 1.807) is 24.4 Å². The van der Waals surface area contributed by atoms with Crippen LogP contribution in [0.25, 0.3) is 11.5 Å². The van der Waals surface area contributed by atoms with Gasteiger partial charge in [-0.15, -0.1) is 5.10 Å². The number of benzene rings is 2. The molecule has 0 atom stereocenters. The number of rotatable bonds is 5. The predicted molar refractivity (Wildman–Crippen MR) is 116 cm³/mol. The summed E-state index contributed by atoms with van der Waals surface area (Å²) >= 11 is 4.95. The molecule has 0 unspecified atom stereocenters. The predicted octanol–water partition coefficient (Wildman–Crippen LogP) is 5.16. The number of hydrogen-bond donors (Lipinski definition) is 3. The van der Waals surface area contributed by atoms with Crippen molar-refractivity contribution in [3.8, 4) is 17.5 Å². The Bertz CT molecular complexity index is 1280. The van der Waals surface area contributed by atoms with Gasteiger partial charge in [0.2, 0.25) is 11.8 Å². The van der Waals surface area contributed by atoms with Gasteiger partial charge >= 0.3 is 0 Å². The third-order valence-corrected chi connectivity index (χ3v) is 4.57. The van der Waals surface area contributed by atoms with Crippen LogP contribution in [-0.4, -0.2) is 20.2 Å². The number of H-pyrrole nitrogens is 1. The van der Waals surface area contributed by atoms with Crippen LogP contribution in [0.2, 0.25) is 0 Å². The number of aromatic nitrogens is 4. The van der Waals surface area contributed by atoms with E-state index < -0.39 is 0 Å². The van der Waals surface area contributed by atoms with Gasteiger partial charge in [0.1, 0.15) is 5.82 Å². The average molecular weight is 415 g/mol. The van der Waals surface area contributed by atoms with Crippen molar-refractivity contribution in [2.24, 2.45) is 0 Å². The molecule has 9 heteroatoms. The van der Waals surface area contributed by atoms with E-state index in [-0.39, 0.29) is 4.84 Å². The first-order chi connectivity index (χ1) is 14.5. The zero-order chi connectivity index (χ0) is 21.1. The van der Waals surface area contributed by atoms with Gasteiger partial charge in [0.15, 0.2) is 0 Å². The first kappa shape index (κ1) is 19.3. The molecule has 2 heterocycles. The maximum absolute atomic E-state index is 8.90. The summed E-state index contributed by atoms with van der Waals surface area (Å²) in [5.41, 5.74) is 5.19. The van der Waals surface area contributed by atoms with E-state index in [1.807, 2.05) is 38.1 Å². The number of hydrogen-bond acceptors (Lipinski definition) is 8. The highest BCUT2D eigenvalue weighted by Gasteiger charge is 2.11. The first-order valence-corrected chi connectivity index (χ1v) is 9.47. The molecule has 2 aromatic carbocycles. The lowest BCUT2D eigenvalue weighted by molar-refractivity contribution is 0.552. The van der Waals surface area contributed by atoms with Crippen LogP contribution in [0, 0.1) is 30.0 Å². The van der Waals surface area contributed by atoms with E-state index in [0.717, 1.165) is 28.1 Å². The van der Waals surface area contributed by atoms with E-state index in [2.05, 4.69) is 36.9 Å². The van der Waals surface area contributed by atoms with Crippen LogP contribution < -0.4 is 10.6 Å². The van der Waals surface area contributed by atoms with Gasteiger partial charge in [0.05, 0.1) is 11.6 Å². The van der Waals surface area contributed by atoms with Gasteiger partial charge < -0.3 is 15.1 Å². The van der Waals surface area contributed by atoms with Crippen molar-refractivity contribution in [3.63, 3.8) is 0 Å². The molecule has 3 N–H and O–H groups in total. The molecular formula is C21H17N7OS. The molecule has 0 saturated carbocycles. The fraction of sp³-hybridized carbons (Fsp3) is 0.0952. The van der Waals surface area contributed by atoms with Crippen LogP contribution in [0.5, 0.6) is 0 Å². The van der Waals surface area contributed by atoms with Crippen molar-refractivity contribution < 1.29 is 4.42 Å². The Morgan fingerprint density at radius 2 is 1.80 bits per heavy atom. The second-order valence-electron chi connectivity index (χ2n) is 6.61. The Kier molecular flexibility index (Phi) is 5.24. The summed E-state index contributed by atoms with van der Waals surface area (Å²) in [7, 11) is 0. The van der Waals surface area contributed by atoms with Gasteiger partial charge in [-0.05, 0) is 79.7 Å². The highest BCUT2D eigenvalue weighted by molar-refractivity contribution is 7.71. The molecule has 0 amide bonds. The normalized spacial score (nSPS) is 10.4. The Hall–Kier alpha value is -4.03. The highest BCUT2D eigenvalue weighted by atomic mass is 32.1. The van der Waals surface area contributed by atoms with Crippen LogP contribution in [0.3, 0.4) is 0 Å². The summed E-state index contributed by atoms with van der Waals surface area (Å²) in [5.74, 6) is 1.55. The molecule has 0 bridgehead atoms. The van der Waals surface area contributed by atoms with Crippen molar-refractivity contribution in [1.82, 2.24) is 20.2 Å². The van der Waals surface area contributed by atoms with Crippen molar-refractivity contribution in [2.75, 3.05) is 10.6 Å². The topological polar surface area (TPSA) is 115 Å². The van der Waals surface area contributed by atoms with Crippen LogP contribution in [-0.2, 0) is 0 Å². The summed E-state index contributed by atoms with van der Waals surface area (Å²) in [6.07, 6.45) is 1.67. The van der Waals surface area contributed by atoms with Crippen LogP contribution in [0.4, 0.5) is 23.1 Å².